The van der Waals surface area contributed by atoms with Crippen LogP contribution in [-0.2, 0) is 4.74 Å². The summed E-state index contributed by atoms with van der Waals surface area (Å²) in [5.41, 5.74) is 2.65. The first-order valence-electron chi connectivity index (χ1n) is 11.5. The van der Waals surface area contributed by atoms with Gasteiger partial charge in [-0.1, -0.05) is 11.3 Å². The van der Waals surface area contributed by atoms with Crippen molar-refractivity contribution >= 4 is 43.6 Å². The van der Waals surface area contributed by atoms with Gasteiger partial charge in [-0.3, -0.25) is 24.6 Å². The van der Waals surface area contributed by atoms with Gasteiger partial charge in [0.15, 0.2) is 5.13 Å². The van der Waals surface area contributed by atoms with Crippen LogP contribution in [0.15, 0.2) is 42.7 Å². The molecule has 1 fully saturated rings. The lowest BCUT2D eigenvalue weighted by molar-refractivity contribution is 0.0376. The van der Waals surface area contributed by atoms with E-state index in [4.69, 9.17) is 19.2 Å². The van der Waals surface area contributed by atoms with Crippen molar-refractivity contribution in [1.29, 1.82) is 0 Å². The summed E-state index contributed by atoms with van der Waals surface area (Å²) in [5, 5.41) is 0.606. The van der Waals surface area contributed by atoms with Crippen LogP contribution < -0.4 is 14.4 Å². The molecule has 5 rings (SSSR count). The van der Waals surface area contributed by atoms with Gasteiger partial charge in [0.1, 0.15) is 21.7 Å². The Morgan fingerprint density at radius 3 is 2.57 bits per heavy atom. The highest BCUT2D eigenvalue weighted by Crippen LogP contribution is 2.40. The summed E-state index contributed by atoms with van der Waals surface area (Å²) >= 11 is 1.43. The van der Waals surface area contributed by atoms with Gasteiger partial charge in [0, 0.05) is 44.1 Å². The molecule has 10 heteroatoms. The van der Waals surface area contributed by atoms with Gasteiger partial charge in [0.25, 0.3) is 5.91 Å². The number of methoxy groups -OCH3 is 2. The lowest BCUT2D eigenvalue weighted by atomic mass is 10.1. The molecule has 0 N–H and O–H groups in total. The van der Waals surface area contributed by atoms with Gasteiger partial charge >= 0.3 is 0 Å². The van der Waals surface area contributed by atoms with Gasteiger partial charge in [-0.2, -0.15) is 0 Å². The van der Waals surface area contributed by atoms with Crippen molar-refractivity contribution in [3.8, 4) is 11.5 Å². The van der Waals surface area contributed by atoms with Crippen LogP contribution in [-0.4, -0.2) is 79.4 Å². The minimum Gasteiger partial charge on any atom is -0.495 e. The highest BCUT2D eigenvalue weighted by Gasteiger charge is 2.24. The second kappa shape index (κ2) is 10.5. The molecule has 0 radical (unpaired) electrons. The second-order valence-corrected chi connectivity index (χ2v) is 9.15. The maximum absolute atomic E-state index is 13.8. The molecule has 1 amide bonds. The first-order chi connectivity index (χ1) is 17.2. The van der Waals surface area contributed by atoms with Crippen LogP contribution in [0.4, 0.5) is 5.13 Å². The third-order valence-electron chi connectivity index (χ3n) is 6.05. The minimum absolute atomic E-state index is 0.128. The number of aromatic nitrogens is 3. The fourth-order valence-electron chi connectivity index (χ4n) is 4.20. The molecule has 182 valence electrons. The van der Waals surface area contributed by atoms with Gasteiger partial charge in [-0.25, -0.2) is 4.98 Å². The number of hydrogen-bond acceptors (Lipinski definition) is 9. The number of fused-ring (bicyclic) bond motifs is 2. The van der Waals surface area contributed by atoms with E-state index in [0.29, 0.717) is 39.8 Å². The van der Waals surface area contributed by atoms with Crippen LogP contribution in [0.2, 0.25) is 0 Å². The highest BCUT2D eigenvalue weighted by molar-refractivity contribution is 7.22. The van der Waals surface area contributed by atoms with Crippen molar-refractivity contribution in [2.24, 2.45) is 0 Å². The van der Waals surface area contributed by atoms with Crippen LogP contribution in [0.25, 0.3) is 21.3 Å². The van der Waals surface area contributed by atoms with E-state index in [9.17, 15) is 4.79 Å². The Morgan fingerprint density at radius 1 is 1.06 bits per heavy atom. The molecule has 0 saturated carbocycles. The first-order valence-corrected chi connectivity index (χ1v) is 12.3. The van der Waals surface area contributed by atoms with E-state index in [2.05, 4.69) is 14.9 Å². The Kier molecular flexibility index (Phi) is 7.03. The maximum atomic E-state index is 13.8. The van der Waals surface area contributed by atoms with E-state index in [1.54, 1.807) is 43.6 Å². The van der Waals surface area contributed by atoms with Crippen LogP contribution in [0.5, 0.6) is 11.5 Å². The van der Waals surface area contributed by atoms with Gasteiger partial charge < -0.3 is 14.2 Å². The number of thiazole rings is 1. The summed E-state index contributed by atoms with van der Waals surface area (Å²) in [4.78, 5) is 31.4. The summed E-state index contributed by atoms with van der Waals surface area (Å²) in [7, 11) is 3.24. The number of rotatable bonds is 8. The average molecular weight is 494 g/mol. The molecule has 35 heavy (non-hydrogen) atoms. The van der Waals surface area contributed by atoms with Crippen molar-refractivity contribution in [2.75, 3.05) is 58.5 Å². The van der Waals surface area contributed by atoms with E-state index in [1.807, 2.05) is 18.2 Å². The first kappa shape index (κ1) is 23.4. The van der Waals surface area contributed by atoms with Crippen LogP contribution in [0.3, 0.4) is 0 Å². The number of morpholine rings is 1. The van der Waals surface area contributed by atoms with Crippen LogP contribution >= 0.6 is 11.3 Å². The SMILES string of the molecule is COc1ccc(OC)c2sc(N(CCCN3CCOCC3)C(=O)c3ccc4nccnc4c3)nc12. The molecule has 0 atom stereocenters. The van der Waals surface area contributed by atoms with Gasteiger partial charge in [-0.15, -0.1) is 0 Å². The smallest absolute Gasteiger partial charge is 0.260 e. The lowest BCUT2D eigenvalue weighted by Gasteiger charge is -2.27. The molecule has 0 unspecified atom stereocenters. The van der Waals surface area contributed by atoms with Crippen molar-refractivity contribution in [2.45, 2.75) is 6.42 Å². The molecule has 0 spiro atoms. The zero-order chi connectivity index (χ0) is 24.2. The molecular weight excluding hydrogens is 466 g/mol. The topological polar surface area (TPSA) is 89.9 Å². The van der Waals surface area contributed by atoms with Gasteiger partial charge in [-0.05, 0) is 36.8 Å². The maximum Gasteiger partial charge on any atom is 0.260 e. The van der Waals surface area contributed by atoms with Crippen LogP contribution in [0.1, 0.15) is 16.8 Å². The van der Waals surface area contributed by atoms with Gasteiger partial charge in [0.05, 0.1) is 38.5 Å². The van der Waals surface area contributed by atoms with Crippen molar-refractivity contribution < 1.29 is 19.0 Å². The number of benzene rings is 2. The van der Waals surface area contributed by atoms with Crippen molar-refractivity contribution in [1.82, 2.24) is 19.9 Å². The summed E-state index contributed by atoms with van der Waals surface area (Å²) in [6.45, 7) is 4.73. The molecule has 9 nitrogen and oxygen atoms in total. The molecule has 1 aliphatic heterocycles. The molecule has 0 aliphatic carbocycles. The van der Waals surface area contributed by atoms with E-state index in [0.717, 1.165) is 49.5 Å². The number of ether oxygens (including phenoxy) is 3. The molecule has 2 aromatic heterocycles. The number of carbonyl (C=O) groups excluding carboxylic acids is 1. The standard InChI is InChI=1S/C25H27N5O4S/c1-32-20-6-7-21(33-2)23-22(20)28-25(35-23)30(11-3-10-29-12-14-34-15-13-29)24(31)17-4-5-18-19(16-17)27-9-8-26-18/h4-9,16H,3,10-15H2,1-2H3. The number of carbonyl (C=O) groups is 1. The van der Waals surface area contributed by atoms with Crippen molar-refractivity contribution in [3.05, 3.63) is 48.3 Å². The Balaban J connectivity index is 1.49. The minimum atomic E-state index is -0.128. The van der Waals surface area contributed by atoms with E-state index in [1.165, 1.54) is 11.3 Å². The quantitative estimate of drug-likeness (QED) is 0.368. The monoisotopic (exact) mass is 493 g/mol. The Bertz CT molecular complexity index is 1300. The molecule has 1 saturated heterocycles. The predicted molar refractivity (Wildman–Crippen MR) is 136 cm³/mol. The number of nitrogens with zero attached hydrogens (tertiary/aromatic N) is 5. The summed E-state index contributed by atoms with van der Waals surface area (Å²) in [6, 6.07) is 9.09. The van der Waals surface area contributed by atoms with Crippen LogP contribution in [0, 0.1) is 0 Å². The lowest BCUT2D eigenvalue weighted by Crippen LogP contribution is -2.39. The van der Waals surface area contributed by atoms with Gasteiger partial charge in [0.2, 0.25) is 0 Å². The van der Waals surface area contributed by atoms with Crippen molar-refractivity contribution in [3.63, 3.8) is 0 Å². The molecule has 3 heterocycles. The summed E-state index contributed by atoms with van der Waals surface area (Å²) < 4.78 is 17.4. The third-order valence-corrected chi connectivity index (χ3v) is 7.14. The zero-order valence-electron chi connectivity index (χ0n) is 19.8. The summed E-state index contributed by atoms with van der Waals surface area (Å²) in [6.07, 6.45) is 4.08. The fourth-order valence-corrected chi connectivity index (χ4v) is 5.30. The zero-order valence-corrected chi connectivity index (χ0v) is 20.6. The molecular formula is C25H27N5O4S. The number of amides is 1. The summed E-state index contributed by atoms with van der Waals surface area (Å²) in [5.74, 6) is 1.22. The van der Waals surface area contributed by atoms with E-state index < -0.39 is 0 Å². The fraction of sp³-hybridized carbons (Fsp3) is 0.360. The largest absolute Gasteiger partial charge is 0.495 e. The molecule has 1 aliphatic rings. The molecule has 2 aromatic carbocycles. The van der Waals surface area contributed by atoms with E-state index >= 15 is 0 Å². The third kappa shape index (κ3) is 4.90. The Morgan fingerprint density at radius 2 is 1.80 bits per heavy atom. The normalized spacial score (nSPS) is 14.3. The molecule has 0 bridgehead atoms. The number of hydrogen-bond donors (Lipinski definition) is 0. The van der Waals surface area contributed by atoms with E-state index in [-0.39, 0.29) is 5.91 Å². The highest BCUT2D eigenvalue weighted by atomic mass is 32.1. The molecule has 4 aromatic rings. The second-order valence-electron chi connectivity index (χ2n) is 8.17. The number of anilines is 1. The Hall–Kier alpha value is -3.34. The Labute approximate surface area is 207 Å². The predicted octanol–water partition coefficient (Wildman–Crippen LogP) is 3.63. The average Bonchev–Trinajstić information content (AvgIpc) is 3.35.